The number of aromatic nitrogens is 1. The number of rotatable bonds is 8. The number of Topliss-reactive ketones (excluding diaryl/α,β-unsaturated/α-hetero) is 2. The predicted molar refractivity (Wildman–Crippen MR) is 326 cm³/mol. The molecule has 0 saturated heterocycles. The summed E-state index contributed by atoms with van der Waals surface area (Å²) in [4.78, 5) is 33.4. The summed E-state index contributed by atoms with van der Waals surface area (Å²) in [5, 5.41) is 82.1. The Bertz CT molecular complexity index is 3220. The molecule has 4 aromatic carbocycles. The van der Waals surface area contributed by atoms with Gasteiger partial charge in [-0.15, -0.1) is 0 Å². The fourth-order valence-corrected chi connectivity index (χ4v) is 15.0. The van der Waals surface area contributed by atoms with Crippen LogP contribution in [0.2, 0.25) is 0 Å². The lowest BCUT2D eigenvalue weighted by Crippen LogP contribution is -2.40. The van der Waals surface area contributed by atoms with Gasteiger partial charge in [-0.05, 0) is 180 Å². The number of aromatic hydroxyl groups is 2. The van der Waals surface area contributed by atoms with Crippen molar-refractivity contribution in [2.45, 2.75) is 153 Å². The zero-order valence-electron chi connectivity index (χ0n) is 49.0. The van der Waals surface area contributed by atoms with Crippen LogP contribution in [0.25, 0.3) is 10.8 Å². The summed E-state index contributed by atoms with van der Waals surface area (Å²) in [5.74, 6) is 5.83. The van der Waals surface area contributed by atoms with E-state index in [0.29, 0.717) is 87.4 Å². The van der Waals surface area contributed by atoms with Crippen LogP contribution in [0, 0.1) is 53.3 Å². The molecule has 83 heavy (non-hydrogen) atoms. The van der Waals surface area contributed by atoms with E-state index < -0.39 is 47.6 Å². The van der Waals surface area contributed by atoms with Gasteiger partial charge in [-0.2, -0.15) is 0 Å². The molecule has 3 heterocycles. The second kappa shape index (κ2) is 27.1. The van der Waals surface area contributed by atoms with Gasteiger partial charge in [0, 0.05) is 80.3 Å². The number of methoxy groups -OCH3 is 1. The summed E-state index contributed by atoms with van der Waals surface area (Å²) in [6.45, 7) is 8.00. The molecule has 3 aliphatic carbocycles. The van der Waals surface area contributed by atoms with Crippen molar-refractivity contribution in [3.05, 3.63) is 142 Å². The first-order chi connectivity index (χ1) is 40.2. The molecule has 2 aliphatic heterocycles. The Labute approximate surface area is 490 Å². The Hall–Kier alpha value is -6.40. The van der Waals surface area contributed by atoms with Crippen LogP contribution in [0.4, 0.5) is 5.69 Å². The maximum atomic E-state index is 15.5. The number of phenols is 2. The number of carbonyl (C=O) groups excluding carboxylic acids is 2. The van der Waals surface area contributed by atoms with Crippen LogP contribution < -0.4 is 20.7 Å². The van der Waals surface area contributed by atoms with Crippen LogP contribution >= 0.6 is 0 Å². The maximum Gasteiger partial charge on any atom is 0.173 e. The number of β-amino-alcohol motifs (C(OH)–C–C–N with tert-alkyl or cyclic N) is 1. The van der Waals surface area contributed by atoms with Crippen molar-refractivity contribution in [2.75, 3.05) is 38.7 Å². The highest BCUT2D eigenvalue weighted by atomic mass is 16.5. The van der Waals surface area contributed by atoms with Crippen molar-refractivity contribution in [3.63, 3.8) is 0 Å². The molecule has 0 spiro atoms. The fourth-order valence-electron chi connectivity index (χ4n) is 15.0. The van der Waals surface area contributed by atoms with E-state index in [0.717, 1.165) is 76.1 Å². The number of benzene rings is 4. The van der Waals surface area contributed by atoms with E-state index in [1.807, 2.05) is 36.5 Å². The van der Waals surface area contributed by atoms with Crippen LogP contribution in [0.1, 0.15) is 155 Å². The summed E-state index contributed by atoms with van der Waals surface area (Å²) < 4.78 is 5.66. The molecule has 5 aliphatic rings. The number of fused-ring (bicyclic) bond motifs is 9. The van der Waals surface area contributed by atoms with Gasteiger partial charge in [-0.1, -0.05) is 100 Å². The number of aliphatic hydroxyl groups excluding tert-OH is 4. The van der Waals surface area contributed by atoms with Crippen molar-refractivity contribution in [1.29, 1.82) is 0 Å². The smallest absolute Gasteiger partial charge is 0.173 e. The molecule has 5 aromatic rings. The minimum absolute atomic E-state index is 0.0207. The molecular weight excluding hydrogens is 1040 g/mol. The number of allylic oxidation sites excluding steroid dienone is 2. The Morgan fingerprint density at radius 1 is 0.807 bits per heavy atom. The molecule has 13 atom stereocenters. The lowest BCUT2D eigenvalue weighted by Gasteiger charge is -2.36. The quantitative estimate of drug-likeness (QED) is 0.0519. The monoisotopic (exact) mass is 1130 g/mol. The Morgan fingerprint density at radius 2 is 1.63 bits per heavy atom. The SMILES string of the molecule is CCC[C@H]1[C@@H]2C[C@H](C[C@H]3C#C[C@@H](c4ccccc4[C@H]4CCC[C@@H](C)C4)c4cc(O)c(OC)cc4CCC(=O)[C@H](O)C(=O)[C@@H]3C2)[C@H](CCCO)C2=CCNC(=C2)Nc2ccc3ccc(c(O)c3c2)C[C@H](O)CNC[C@@H](C)c2c[nH]c(c2)C[C@H]1O. The highest BCUT2D eigenvalue weighted by Gasteiger charge is 2.45. The minimum Gasteiger partial charge on any atom is -0.507 e. The average molecular weight is 1130 g/mol. The number of phenolic OH excluding ortho intramolecular Hbond substituents is 2. The number of aryl methyl sites for hydroxylation is 1. The highest BCUT2D eigenvalue weighted by molar-refractivity contribution is 6.06. The third-order valence-electron chi connectivity index (χ3n) is 19.4. The number of carbonyl (C=O) groups is 2. The van der Waals surface area contributed by atoms with Gasteiger partial charge in [0.2, 0.25) is 0 Å². The van der Waals surface area contributed by atoms with Gasteiger partial charge in [0.15, 0.2) is 29.2 Å². The number of nitrogens with one attached hydrogen (secondary N) is 4. The topological polar surface area (TPSA) is 217 Å². The van der Waals surface area contributed by atoms with Crippen LogP contribution in [0.15, 0.2) is 103 Å². The van der Waals surface area contributed by atoms with Gasteiger partial charge < -0.3 is 56.3 Å². The van der Waals surface area contributed by atoms with Gasteiger partial charge in [0.1, 0.15) is 11.6 Å². The molecule has 2 fully saturated rings. The second-order valence-electron chi connectivity index (χ2n) is 25.1. The van der Waals surface area contributed by atoms with E-state index in [4.69, 9.17) is 4.74 Å². The van der Waals surface area contributed by atoms with Crippen LogP contribution in [0.3, 0.4) is 0 Å². The first-order valence-corrected chi connectivity index (χ1v) is 31.0. The number of aromatic amines is 1. The number of hydrogen-bond acceptors (Lipinski definition) is 12. The van der Waals surface area contributed by atoms with Crippen molar-refractivity contribution < 1.29 is 45.0 Å². The van der Waals surface area contributed by atoms with E-state index in [1.165, 1.54) is 19.1 Å². The van der Waals surface area contributed by atoms with Crippen molar-refractivity contribution in [3.8, 4) is 29.1 Å². The molecular formula is C70H88N4O9. The molecule has 10 rings (SSSR count). The minimum atomic E-state index is -1.88. The highest BCUT2D eigenvalue weighted by Crippen LogP contribution is 2.49. The summed E-state index contributed by atoms with van der Waals surface area (Å²) in [7, 11) is 1.50. The number of ether oxygens (including phenoxy) is 1. The molecule has 13 heteroatoms. The van der Waals surface area contributed by atoms with Crippen molar-refractivity contribution in [1.82, 2.24) is 15.6 Å². The molecule has 442 valence electrons. The zero-order valence-corrected chi connectivity index (χ0v) is 49.0. The molecule has 10 N–H and O–H groups in total. The van der Waals surface area contributed by atoms with Crippen LogP contribution in [0.5, 0.6) is 17.2 Å². The van der Waals surface area contributed by atoms with Gasteiger partial charge in [-0.3, -0.25) is 9.59 Å². The number of hydrogen-bond donors (Lipinski definition) is 10. The van der Waals surface area contributed by atoms with Gasteiger partial charge >= 0.3 is 0 Å². The normalized spacial score (nSPS) is 29.3. The molecule has 0 amide bonds. The molecule has 1 aromatic heterocycles. The largest absolute Gasteiger partial charge is 0.507 e. The summed E-state index contributed by atoms with van der Waals surface area (Å²) in [6.07, 6.45) is 12.0. The lowest BCUT2D eigenvalue weighted by atomic mass is 9.71. The van der Waals surface area contributed by atoms with Gasteiger partial charge in [0.05, 0.1) is 25.2 Å². The Morgan fingerprint density at radius 3 is 2.42 bits per heavy atom. The average Bonchev–Trinajstić information content (AvgIpc) is 3.78. The number of anilines is 1. The molecule has 0 unspecified atom stereocenters. The standard InChI is InChI=1S/C70H88N4O9/c1-5-10-57-50-29-49(28-45-19-22-59(58-14-7-6-13-56(58)44-12-8-11-41(2)27-44)60-37-65(79)66(83-4)33-46(60)20-23-63(77)70(82)69(81)61(45)32-50)55(15-9-26-75)47-24-25-72-67(34-47)74-52-21-18-43-16-17-48(68(80)62(43)35-52)31-54(76)40-71-38-42(3)51-30-53(73-39-51)36-64(57)78/h6-7,13-14,16-18,21,24,30,33-35,37,39,41-42,44-45,49-50,54-55,57,59,61,64,70-76,78-80,82H,5,8-12,15,20,23,25-29,31-32,36,38,40H2,1-4H3/t41-,42-,44+,45-,49+,50-,54+,55-,57+,59+,61-,64-,70+/m1/s1. The molecule has 9 bridgehead atoms. The first-order valence-electron chi connectivity index (χ1n) is 31.0. The van der Waals surface area contributed by atoms with E-state index in [9.17, 15) is 35.4 Å². The number of aliphatic hydroxyl groups is 4. The fraction of sp³-hybridized carbons (Fsp3) is 0.514. The van der Waals surface area contributed by atoms with Crippen molar-refractivity contribution >= 4 is 28.0 Å². The second-order valence-corrected chi connectivity index (χ2v) is 25.1. The summed E-state index contributed by atoms with van der Waals surface area (Å²) in [5.41, 5.74) is 8.22. The van der Waals surface area contributed by atoms with Crippen LogP contribution in [-0.4, -0.2) is 98.9 Å². The van der Waals surface area contributed by atoms with E-state index in [1.54, 1.807) is 12.1 Å². The first kappa shape index (κ1) is 59.7. The summed E-state index contributed by atoms with van der Waals surface area (Å²) in [6, 6.07) is 23.9. The predicted octanol–water partition coefficient (Wildman–Crippen LogP) is 10.6. The van der Waals surface area contributed by atoms with E-state index >= 15 is 4.79 Å². The number of H-pyrrole nitrogens is 1. The summed E-state index contributed by atoms with van der Waals surface area (Å²) >= 11 is 0. The zero-order chi connectivity index (χ0) is 58.3. The third kappa shape index (κ3) is 13.7. The Balaban J connectivity index is 1.13. The van der Waals surface area contributed by atoms with Crippen LogP contribution in [-0.2, 0) is 28.9 Å². The van der Waals surface area contributed by atoms with E-state index in [-0.39, 0.29) is 72.7 Å². The number of ketones is 2. The van der Waals surface area contributed by atoms with Crippen molar-refractivity contribution in [2.24, 2.45) is 41.4 Å². The third-order valence-corrected chi connectivity index (χ3v) is 19.4. The molecule has 0 radical (unpaired) electrons. The molecule has 13 nitrogen and oxygen atoms in total. The van der Waals surface area contributed by atoms with Gasteiger partial charge in [0.25, 0.3) is 0 Å². The van der Waals surface area contributed by atoms with E-state index in [2.05, 4.69) is 96.0 Å². The molecule has 2 saturated carbocycles. The Kier molecular flexibility index (Phi) is 19.5. The lowest BCUT2D eigenvalue weighted by molar-refractivity contribution is -0.142. The van der Waals surface area contributed by atoms with Gasteiger partial charge in [-0.25, -0.2) is 0 Å². The maximum absolute atomic E-state index is 15.5. The number of dihydropyridines is 1.